The largest absolute Gasteiger partial charge is 0.329 e. The lowest BCUT2D eigenvalue weighted by Gasteiger charge is -2.47. The van der Waals surface area contributed by atoms with Crippen LogP contribution in [-0.2, 0) is 0 Å². The van der Waals surface area contributed by atoms with E-state index in [2.05, 4.69) is 18.7 Å². The monoisotopic (exact) mass is 252 g/mol. The fraction of sp³-hybridized carbons (Fsp3) is 1.00. The molecule has 2 fully saturated rings. The van der Waals surface area contributed by atoms with E-state index in [1.54, 1.807) is 0 Å². The van der Waals surface area contributed by atoms with Gasteiger partial charge in [0, 0.05) is 18.6 Å². The molecule has 2 N–H and O–H groups in total. The first-order valence-corrected chi connectivity index (χ1v) is 8.19. The molecule has 3 atom stereocenters. The van der Waals surface area contributed by atoms with Crippen LogP contribution in [0.5, 0.6) is 0 Å². The molecule has 1 saturated carbocycles. The average Bonchev–Trinajstić information content (AvgIpc) is 2.88. The van der Waals surface area contributed by atoms with Crippen LogP contribution in [0.1, 0.15) is 65.2 Å². The van der Waals surface area contributed by atoms with E-state index in [1.165, 1.54) is 64.5 Å². The van der Waals surface area contributed by atoms with Crippen LogP contribution in [0, 0.1) is 11.8 Å². The minimum Gasteiger partial charge on any atom is -0.329 e. The Kier molecular flexibility index (Phi) is 5.08. The van der Waals surface area contributed by atoms with E-state index < -0.39 is 0 Å². The zero-order valence-corrected chi connectivity index (χ0v) is 12.5. The second kappa shape index (κ2) is 6.38. The van der Waals surface area contributed by atoms with E-state index >= 15 is 0 Å². The van der Waals surface area contributed by atoms with Gasteiger partial charge in [0.05, 0.1) is 0 Å². The summed E-state index contributed by atoms with van der Waals surface area (Å²) in [5.74, 6) is 1.87. The summed E-state index contributed by atoms with van der Waals surface area (Å²) in [5.41, 5.74) is 6.58. The molecule has 1 aliphatic heterocycles. The van der Waals surface area contributed by atoms with Gasteiger partial charge in [-0.2, -0.15) is 0 Å². The molecule has 2 heteroatoms. The topological polar surface area (TPSA) is 29.3 Å². The molecule has 2 rings (SSSR count). The summed E-state index contributed by atoms with van der Waals surface area (Å²) in [6.45, 7) is 8.17. The molecule has 2 aliphatic rings. The lowest BCUT2D eigenvalue weighted by atomic mass is 9.73. The van der Waals surface area contributed by atoms with Crippen LogP contribution in [0.15, 0.2) is 0 Å². The molecule has 2 nitrogen and oxygen atoms in total. The second-order valence-corrected chi connectivity index (χ2v) is 6.69. The van der Waals surface area contributed by atoms with Gasteiger partial charge in [-0.05, 0) is 44.1 Å². The summed E-state index contributed by atoms with van der Waals surface area (Å²) >= 11 is 0. The molecule has 106 valence electrons. The van der Waals surface area contributed by atoms with Crippen molar-refractivity contribution in [1.29, 1.82) is 0 Å². The number of hydrogen-bond acceptors (Lipinski definition) is 2. The summed E-state index contributed by atoms with van der Waals surface area (Å²) in [6.07, 6.45) is 11.0. The van der Waals surface area contributed by atoms with Crippen LogP contribution in [0.4, 0.5) is 0 Å². The predicted molar refractivity (Wildman–Crippen MR) is 78.6 cm³/mol. The van der Waals surface area contributed by atoms with Gasteiger partial charge in [0.2, 0.25) is 0 Å². The van der Waals surface area contributed by atoms with Crippen molar-refractivity contribution in [3.05, 3.63) is 0 Å². The van der Waals surface area contributed by atoms with E-state index in [1.807, 2.05) is 0 Å². The van der Waals surface area contributed by atoms with Crippen molar-refractivity contribution in [2.45, 2.75) is 70.8 Å². The lowest BCUT2D eigenvalue weighted by Crippen LogP contribution is -2.55. The highest BCUT2D eigenvalue weighted by molar-refractivity contribution is 4.99. The van der Waals surface area contributed by atoms with Gasteiger partial charge >= 0.3 is 0 Å². The molecule has 0 aromatic carbocycles. The van der Waals surface area contributed by atoms with Gasteiger partial charge in [0.25, 0.3) is 0 Å². The number of rotatable bonds is 5. The maximum absolute atomic E-state index is 6.21. The van der Waals surface area contributed by atoms with Crippen molar-refractivity contribution in [3.8, 4) is 0 Å². The Morgan fingerprint density at radius 1 is 1.22 bits per heavy atom. The lowest BCUT2D eigenvalue weighted by molar-refractivity contribution is 0.0512. The first-order chi connectivity index (χ1) is 8.74. The van der Waals surface area contributed by atoms with Crippen LogP contribution >= 0.6 is 0 Å². The molecule has 1 heterocycles. The average molecular weight is 252 g/mol. The minimum atomic E-state index is 0.363. The highest BCUT2D eigenvalue weighted by atomic mass is 15.2. The third-order valence-corrected chi connectivity index (χ3v) is 5.53. The summed E-state index contributed by atoms with van der Waals surface area (Å²) in [6, 6.07) is 0. The molecule has 3 unspecified atom stereocenters. The molecule has 0 aromatic rings. The number of nitrogens with two attached hydrogens (primary N) is 1. The normalized spacial score (nSPS) is 38.2. The Balaban J connectivity index is 1.99. The molecule has 1 saturated heterocycles. The molecule has 0 radical (unpaired) electrons. The fourth-order valence-electron chi connectivity index (χ4n) is 4.32. The minimum absolute atomic E-state index is 0.363. The summed E-state index contributed by atoms with van der Waals surface area (Å²) in [5, 5.41) is 0. The van der Waals surface area contributed by atoms with E-state index in [0.717, 1.165) is 18.4 Å². The Hall–Kier alpha value is -0.0800. The first kappa shape index (κ1) is 14.3. The van der Waals surface area contributed by atoms with Crippen molar-refractivity contribution in [3.63, 3.8) is 0 Å². The quantitative estimate of drug-likeness (QED) is 0.812. The van der Waals surface area contributed by atoms with Crippen molar-refractivity contribution < 1.29 is 0 Å². The maximum atomic E-state index is 6.21. The molecule has 0 bridgehead atoms. The zero-order chi connectivity index (χ0) is 13.0. The van der Waals surface area contributed by atoms with Gasteiger partial charge < -0.3 is 5.73 Å². The summed E-state index contributed by atoms with van der Waals surface area (Å²) in [4.78, 5) is 2.77. The van der Waals surface area contributed by atoms with Gasteiger partial charge in [0.15, 0.2) is 0 Å². The predicted octanol–water partition coefficient (Wildman–Crippen LogP) is 3.41. The third-order valence-electron chi connectivity index (χ3n) is 5.53. The Labute approximate surface area is 113 Å². The SMILES string of the molecule is CCCC1CCN(C2(CN)CCCC(CC)C2)C1. The van der Waals surface area contributed by atoms with Gasteiger partial charge in [-0.25, -0.2) is 0 Å². The van der Waals surface area contributed by atoms with Crippen molar-refractivity contribution in [2.75, 3.05) is 19.6 Å². The van der Waals surface area contributed by atoms with Crippen molar-refractivity contribution >= 4 is 0 Å². The summed E-state index contributed by atoms with van der Waals surface area (Å²) in [7, 11) is 0. The summed E-state index contributed by atoms with van der Waals surface area (Å²) < 4.78 is 0. The second-order valence-electron chi connectivity index (χ2n) is 6.69. The standard InChI is InChI=1S/C16H32N2/c1-3-6-15-8-10-18(12-15)16(13-17)9-5-7-14(4-2)11-16/h14-15H,3-13,17H2,1-2H3. The number of hydrogen-bond donors (Lipinski definition) is 1. The van der Waals surface area contributed by atoms with Gasteiger partial charge in [-0.1, -0.05) is 39.5 Å². The van der Waals surface area contributed by atoms with Gasteiger partial charge in [-0.3, -0.25) is 4.90 Å². The molecule has 0 aromatic heterocycles. The van der Waals surface area contributed by atoms with Gasteiger partial charge in [0.1, 0.15) is 0 Å². The van der Waals surface area contributed by atoms with Crippen molar-refractivity contribution in [2.24, 2.45) is 17.6 Å². The van der Waals surface area contributed by atoms with E-state index in [9.17, 15) is 0 Å². The van der Waals surface area contributed by atoms with Crippen LogP contribution in [0.25, 0.3) is 0 Å². The van der Waals surface area contributed by atoms with E-state index in [4.69, 9.17) is 5.73 Å². The van der Waals surface area contributed by atoms with E-state index in [0.29, 0.717) is 5.54 Å². The fourth-order valence-corrected chi connectivity index (χ4v) is 4.32. The smallest absolute Gasteiger partial charge is 0.0334 e. The third kappa shape index (κ3) is 2.91. The highest BCUT2D eigenvalue weighted by Gasteiger charge is 2.42. The molecule has 18 heavy (non-hydrogen) atoms. The zero-order valence-electron chi connectivity index (χ0n) is 12.5. The Bertz CT molecular complexity index is 253. The molecule has 1 aliphatic carbocycles. The highest BCUT2D eigenvalue weighted by Crippen LogP contribution is 2.40. The van der Waals surface area contributed by atoms with Crippen LogP contribution in [0.2, 0.25) is 0 Å². The molecular weight excluding hydrogens is 220 g/mol. The van der Waals surface area contributed by atoms with Crippen LogP contribution in [-0.4, -0.2) is 30.1 Å². The molecule has 0 spiro atoms. The van der Waals surface area contributed by atoms with Crippen LogP contribution in [0.3, 0.4) is 0 Å². The maximum Gasteiger partial charge on any atom is 0.0334 e. The Morgan fingerprint density at radius 2 is 2.06 bits per heavy atom. The number of nitrogens with zero attached hydrogens (tertiary/aromatic N) is 1. The van der Waals surface area contributed by atoms with Gasteiger partial charge in [-0.15, -0.1) is 0 Å². The molecule has 0 amide bonds. The number of likely N-dealkylation sites (tertiary alicyclic amines) is 1. The van der Waals surface area contributed by atoms with E-state index in [-0.39, 0.29) is 0 Å². The molecular formula is C16H32N2. The first-order valence-electron chi connectivity index (χ1n) is 8.19. The van der Waals surface area contributed by atoms with Crippen LogP contribution < -0.4 is 5.73 Å². The Morgan fingerprint density at radius 3 is 2.72 bits per heavy atom. The van der Waals surface area contributed by atoms with Crippen molar-refractivity contribution in [1.82, 2.24) is 4.90 Å².